The normalized spacial score (nSPS) is 10.1. The van der Waals surface area contributed by atoms with Gasteiger partial charge in [0.2, 0.25) is 0 Å². The summed E-state index contributed by atoms with van der Waals surface area (Å²) in [7, 11) is 0. The number of benzene rings is 1. The molecule has 1 heterocycles. The number of nitriles is 1. The molecule has 5 heteroatoms. The minimum atomic E-state index is -0.492. The number of rotatable bonds is 2. The molecule has 0 bridgehead atoms. The van der Waals surface area contributed by atoms with Crippen LogP contribution in [0.3, 0.4) is 0 Å². The second kappa shape index (κ2) is 5.34. The Labute approximate surface area is 114 Å². The molecule has 0 spiro atoms. The second-order valence-electron chi connectivity index (χ2n) is 3.62. The van der Waals surface area contributed by atoms with Gasteiger partial charge < -0.3 is 0 Å². The van der Waals surface area contributed by atoms with Gasteiger partial charge in [-0.25, -0.2) is 9.37 Å². The standard InChI is InChI=1S/C13H7Cl2FN2/c14-9-5-8(6-10(15)7-9)12-2-1-11(16)13(18-12)3-4-17/h1-2,5-7H,3H2. The first-order valence-corrected chi connectivity index (χ1v) is 5.84. The van der Waals surface area contributed by atoms with Crippen molar-refractivity contribution in [2.45, 2.75) is 6.42 Å². The highest BCUT2D eigenvalue weighted by molar-refractivity contribution is 6.35. The molecule has 1 aromatic heterocycles. The predicted octanol–water partition coefficient (Wildman–Crippen LogP) is 4.26. The maximum atomic E-state index is 13.4. The van der Waals surface area contributed by atoms with Crippen LogP contribution < -0.4 is 0 Å². The summed E-state index contributed by atoms with van der Waals surface area (Å²) in [5.74, 6) is -0.492. The number of hydrogen-bond donors (Lipinski definition) is 0. The third-order valence-electron chi connectivity index (χ3n) is 2.32. The molecule has 0 atom stereocenters. The molecule has 2 rings (SSSR count). The molecule has 0 N–H and O–H groups in total. The fraction of sp³-hybridized carbons (Fsp3) is 0.0769. The van der Waals surface area contributed by atoms with Gasteiger partial charge in [0.15, 0.2) is 0 Å². The molecule has 0 fully saturated rings. The molecule has 0 unspecified atom stereocenters. The van der Waals surface area contributed by atoms with Crippen molar-refractivity contribution in [2.75, 3.05) is 0 Å². The Morgan fingerprint density at radius 3 is 2.44 bits per heavy atom. The van der Waals surface area contributed by atoms with E-state index in [0.717, 1.165) is 0 Å². The zero-order chi connectivity index (χ0) is 13.1. The highest BCUT2D eigenvalue weighted by Gasteiger charge is 2.08. The summed E-state index contributed by atoms with van der Waals surface area (Å²) in [6.07, 6.45) is -0.0754. The molecule has 90 valence electrons. The summed E-state index contributed by atoms with van der Waals surface area (Å²) in [6.45, 7) is 0. The smallest absolute Gasteiger partial charge is 0.145 e. The zero-order valence-electron chi connectivity index (χ0n) is 9.12. The van der Waals surface area contributed by atoms with Gasteiger partial charge in [-0.2, -0.15) is 5.26 Å². The van der Waals surface area contributed by atoms with Crippen molar-refractivity contribution in [3.8, 4) is 17.3 Å². The van der Waals surface area contributed by atoms with Gasteiger partial charge in [-0.3, -0.25) is 0 Å². The van der Waals surface area contributed by atoms with Gasteiger partial charge in [-0.15, -0.1) is 0 Å². The van der Waals surface area contributed by atoms with Crippen LogP contribution in [0.25, 0.3) is 11.3 Å². The van der Waals surface area contributed by atoms with E-state index in [2.05, 4.69) is 4.98 Å². The lowest BCUT2D eigenvalue weighted by atomic mass is 10.1. The van der Waals surface area contributed by atoms with Gasteiger partial charge in [-0.1, -0.05) is 23.2 Å². The number of halogens is 3. The highest BCUT2D eigenvalue weighted by atomic mass is 35.5. The van der Waals surface area contributed by atoms with E-state index in [4.69, 9.17) is 28.5 Å². The topological polar surface area (TPSA) is 36.7 Å². The van der Waals surface area contributed by atoms with Gasteiger partial charge in [-0.05, 0) is 30.3 Å². The van der Waals surface area contributed by atoms with Crippen LogP contribution >= 0.6 is 23.2 Å². The summed E-state index contributed by atoms with van der Waals surface area (Å²) in [6, 6.07) is 9.65. The Balaban J connectivity index is 2.51. The highest BCUT2D eigenvalue weighted by Crippen LogP contribution is 2.26. The van der Waals surface area contributed by atoms with Crippen molar-refractivity contribution in [3.63, 3.8) is 0 Å². The lowest BCUT2D eigenvalue weighted by Gasteiger charge is -2.05. The molecule has 1 aromatic carbocycles. The second-order valence-corrected chi connectivity index (χ2v) is 4.49. The van der Waals surface area contributed by atoms with E-state index in [-0.39, 0.29) is 12.1 Å². The van der Waals surface area contributed by atoms with E-state index in [1.165, 1.54) is 12.1 Å². The van der Waals surface area contributed by atoms with Gasteiger partial charge >= 0.3 is 0 Å². The first-order valence-electron chi connectivity index (χ1n) is 5.09. The van der Waals surface area contributed by atoms with Crippen molar-refractivity contribution < 1.29 is 4.39 Å². The van der Waals surface area contributed by atoms with Crippen molar-refractivity contribution in [2.24, 2.45) is 0 Å². The fourth-order valence-electron chi connectivity index (χ4n) is 1.55. The Kier molecular flexibility index (Phi) is 3.81. The molecular weight excluding hydrogens is 274 g/mol. The van der Waals surface area contributed by atoms with Gasteiger partial charge in [0.05, 0.1) is 23.9 Å². The van der Waals surface area contributed by atoms with Crippen LogP contribution in [0.15, 0.2) is 30.3 Å². The SMILES string of the molecule is N#CCc1nc(-c2cc(Cl)cc(Cl)c2)ccc1F. The molecule has 0 amide bonds. The molecule has 0 aliphatic carbocycles. The summed E-state index contributed by atoms with van der Waals surface area (Å²) in [4.78, 5) is 4.10. The van der Waals surface area contributed by atoms with Crippen LogP contribution in [-0.2, 0) is 6.42 Å². The maximum absolute atomic E-state index is 13.4. The molecule has 2 nitrogen and oxygen atoms in total. The number of aromatic nitrogens is 1. The van der Waals surface area contributed by atoms with Crippen LogP contribution in [0.2, 0.25) is 10.0 Å². The maximum Gasteiger partial charge on any atom is 0.145 e. The van der Waals surface area contributed by atoms with Crippen LogP contribution in [0.5, 0.6) is 0 Å². The molecule has 0 saturated carbocycles. The van der Waals surface area contributed by atoms with Crippen LogP contribution in [-0.4, -0.2) is 4.98 Å². The van der Waals surface area contributed by atoms with E-state index in [1.54, 1.807) is 18.2 Å². The summed E-state index contributed by atoms with van der Waals surface area (Å²) in [5, 5.41) is 9.55. The van der Waals surface area contributed by atoms with Crippen molar-refractivity contribution >= 4 is 23.2 Å². The first kappa shape index (κ1) is 12.8. The van der Waals surface area contributed by atoms with Crippen molar-refractivity contribution in [3.05, 3.63) is 51.9 Å². The minimum absolute atomic E-state index is 0.0754. The average molecular weight is 281 g/mol. The van der Waals surface area contributed by atoms with E-state index in [0.29, 0.717) is 21.3 Å². The number of nitrogens with zero attached hydrogens (tertiary/aromatic N) is 2. The van der Waals surface area contributed by atoms with Crippen LogP contribution in [0.4, 0.5) is 4.39 Å². The third-order valence-corrected chi connectivity index (χ3v) is 2.76. The summed E-state index contributed by atoms with van der Waals surface area (Å²) < 4.78 is 13.4. The average Bonchev–Trinajstić information content (AvgIpc) is 2.31. The molecular formula is C13H7Cl2FN2. The summed E-state index contributed by atoms with van der Waals surface area (Å²) in [5.41, 5.74) is 1.34. The number of hydrogen-bond acceptors (Lipinski definition) is 2. The first-order chi connectivity index (χ1) is 8.60. The molecule has 2 aromatic rings. The Morgan fingerprint density at radius 1 is 1.17 bits per heavy atom. The van der Waals surface area contributed by atoms with Gasteiger partial charge in [0.25, 0.3) is 0 Å². The van der Waals surface area contributed by atoms with E-state index >= 15 is 0 Å². The fourth-order valence-corrected chi connectivity index (χ4v) is 2.07. The Bertz CT molecular complexity index is 615. The largest absolute Gasteiger partial charge is 0.249 e. The molecule has 18 heavy (non-hydrogen) atoms. The molecule has 0 radical (unpaired) electrons. The van der Waals surface area contributed by atoms with E-state index in [9.17, 15) is 4.39 Å². The Morgan fingerprint density at radius 2 is 1.83 bits per heavy atom. The Hall–Kier alpha value is -1.63. The van der Waals surface area contributed by atoms with Crippen LogP contribution in [0.1, 0.15) is 5.69 Å². The summed E-state index contributed by atoms with van der Waals surface area (Å²) >= 11 is 11.8. The number of pyridine rings is 1. The van der Waals surface area contributed by atoms with E-state index < -0.39 is 5.82 Å². The quantitative estimate of drug-likeness (QED) is 0.824. The molecule has 0 saturated heterocycles. The minimum Gasteiger partial charge on any atom is -0.249 e. The monoisotopic (exact) mass is 280 g/mol. The zero-order valence-corrected chi connectivity index (χ0v) is 10.6. The lowest BCUT2D eigenvalue weighted by molar-refractivity contribution is 0.606. The third kappa shape index (κ3) is 2.79. The van der Waals surface area contributed by atoms with Crippen molar-refractivity contribution in [1.29, 1.82) is 5.26 Å². The van der Waals surface area contributed by atoms with Crippen molar-refractivity contribution in [1.82, 2.24) is 4.98 Å². The lowest BCUT2D eigenvalue weighted by Crippen LogP contribution is -1.96. The van der Waals surface area contributed by atoms with Gasteiger partial charge in [0, 0.05) is 15.6 Å². The van der Waals surface area contributed by atoms with Crippen LogP contribution in [0, 0.1) is 17.1 Å². The van der Waals surface area contributed by atoms with E-state index in [1.807, 2.05) is 6.07 Å². The predicted molar refractivity (Wildman–Crippen MR) is 69.0 cm³/mol. The molecule has 0 aliphatic heterocycles. The van der Waals surface area contributed by atoms with Gasteiger partial charge in [0.1, 0.15) is 5.82 Å². The molecule has 0 aliphatic rings.